The fourth-order valence-corrected chi connectivity index (χ4v) is 2.88. The second-order valence-electron chi connectivity index (χ2n) is 6.54. The minimum absolute atomic E-state index is 0.0765. The molecule has 0 aliphatic rings. The Bertz CT molecular complexity index is 910. The Hall–Kier alpha value is -3.02. The number of halogens is 2. The lowest BCUT2D eigenvalue weighted by molar-refractivity contribution is -0.121. The van der Waals surface area contributed by atoms with Crippen LogP contribution in [-0.4, -0.2) is 17.4 Å². The molecule has 3 rings (SSSR count). The average Bonchev–Trinajstić information content (AvgIpc) is 3.15. The number of hydrogen-bond acceptors (Lipinski definition) is 3. The first-order valence-corrected chi connectivity index (χ1v) is 9.32. The van der Waals surface area contributed by atoms with Crippen molar-refractivity contribution in [1.82, 2.24) is 10.3 Å². The maximum atomic E-state index is 13.8. The van der Waals surface area contributed by atoms with Gasteiger partial charge in [0.2, 0.25) is 5.91 Å². The fourth-order valence-electron chi connectivity index (χ4n) is 2.88. The molecule has 3 aromatic rings. The van der Waals surface area contributed by atoms with Crippen LogP contribution in [0.5, 0.6) is 0 Å². The summed E-state index contributed by atoms with van der Waals surface area (Å²) in [6.07, 6.45) is 4.86. The summed E-state index contributed by atoms with van der Waals surface area (Å²) in [5, 5.41) is 2.88. The number of carbonyl (C=O) groups is 1. The van der Waals surface area contributed by atoms with Crippen LogP contribution in [0.15, 0.2) is 59.1 Å². The number of aromatic nitrogens is 1. The Morgan fingerprint density at radius 1 is 1.04 bits per heavy atom. The number of aryl methyl sites for hydroxylation is 2. The van der Waals surface area contributed by atoms with Gasteiger partial charge in [-0.3, -0.25) is 4.79 Å². The quantitative estimate of drug-likeness (QED) is 0.545. The number of nitrogens with zero attached hydrogens (tertiary/aromatic N) is 1. The fraction of sp³-hybridized carbons (Fsp3) is 0.273. The van der Waals surface area contributed by atoms with Crippen molar-refractivity contribution in [3.8, 4) is 11.3 Å². The van der Waals surface area contributed by atoms with Crippen molar-refractivity contribution in [2.45, 2.75) is 32.1 Å². The maximum absolute atomic E-state index is 13.8. The lowest BCUT2D eigenvalue weighted by atomic mass is 10.1. The molecule has 1 N–H and O–H groups in total. The van der Waals surface area contributed by atoms with Crippen molar-refractivity contribution in [2.75, 3.05) is 6.54 Å². The van der Waals surface area contributed by atoms with Gasteiger partial charge >= 0.3 is 0 Å². The van der Waals surface area contributed by atoms with Gasteiger partial charge in [-0.2, -0.15) is 0 Å². The summed E-state index contributed by atoms with van der Waals surface area (Å²) in [6.45, 7) is 0.628. The first-order chi connectivity index (χ1) is 13.6. The highest BCUT2D eigenvalue weighted by molar-refractivity contribution is 5.76. The predicted octanol–water partition coefficient (Wildman–Crippen LogP) is 4.69. The van der Waals surface area contributed by atoms with Crippen molar-refractivity contribution in [1.29, 1.82) is 0 Å². The van der Waals surface area contributed by atoms with Gasteiger partial charge in [-0.25, -0.2) is 13.8 Å². The van der Waals surface area contributed by atoms with Crippen LogP contribution in [0.1, 0.15) is 30.7 Å². The Labute approximate surface area is 162 Å². The molecule has 0 aliphatic carbocycles. The van der Waals surface area contributed by atoms with E-state index in [0.29, 0.717) is 18.9 Å². The van der Waals surface area contributed by atoms with Gasteiger partial charge in [0.15, 0.2) is 11.7 Å². The van der Waals surface area contributed by atoms with Crippen LogP contribution >= 0.6 is 0 Å². The number of benzene rings is 2. The first kappa shape index (κ1) is 19.7. The van der Waals surface area contributed by atoms with E-state index in [1.165, 1.54) is 17.8 Å². The normalized spacial score (nSPS) is 10.8. The number of unbranched alkanes of at least 4 members (excludes halogenated alkanes) is 1. The number of amides is 1. The third kappa shape index (κ3) is 5.74. The molecular formula is C22H22F2N2O2. The minimum Gasteiger partial charge on any atom is -0.441 e. The van der Waals surface area contributed by atoms with E-state index >= 15 is 0 Å². The Balaban J connectivity index is 1.37. The molecule has 0 saturated heterocycles. The number of oxazole rings is 1. The summed E-state index contributed by atoms with van der Waals surface area (Å²) in [7, 11) is 0. The molecule has 1 aromatic heterocycles. The summed E-state index contributed by atoms with van der Waals surface area (Å²) in [6, 6.07) is 13.5. The van der Waals surface area contributed by atoms with Crippen molar-refractivity contribution >= 4 is 5.91 Å². The number of carbonyl (C=O) groups excluding carboxylic acids is 1. The van der Waals surface area contributed by atoms with Crippen LogP contribution < -0.4 is 5.32 Å². The van der Waals surface area contributed by atoms with Gasteiger partial charge in [0, 0.05) is 25.5 Å². The number of rotatable bonds is 9. The topological polar surface area (TPSA) is 55.1 Å². The Morgan fingerprint density at radius 2 is 1.86 bits per heavy atom. The zero-order chi connectivity index (χ0) is 19.8. The smallest absolute Gasteiger partial charge is 0.220 e. The number of nitrogens with one attached hydrogen (secondary N) is 1. The van der Waals surface area contributed by atoms with E-state index in [1.54, 1.807) is 0 Å². The van der Waals surface area contributed by atoms with Crippen LogP contribution in [-0.2, 0) is 17.6 Å². The highest BCUT2D eigenvalue weighted by atomic mass is 19.1. The molecule has 0 saturated carbocycles. The lowest BCUT2D eigenvalue weighted by Gasteiger charge is -2.05. The lowest BCUT2D eigenvalue weighted by Crippen LogP contribution is -2.24. The summed E-state index contributed by atoms with van der Waals surface area (Å²) in [5.74, 6) is -0.878. The van der Waals surface area contributed by atoms with Crippen molar-refractivity contribution < 1.29 is 18.0 Å². The molecule has 0 bridgehead atoms. The van der Waals surface area contributed by atoms with Crippen LogP contribution in [0, 0.1) is 11.6 Å². The van der Waals surface area contributed by atoms with E-state index in [-0.39, 0.29) is 23.7 Å². The molecule has 0 aliphatic heterocycles. The van der Waals surface area contributed by atoms with E-state index in [0.717, 1.165) is 31.4 Å². The van der Waals surface area contributed by atoms with Crippen LogP contribution in [0.25, 0.3) is 11.3 Å². The molecule has 0 unspecified atom stereocenters. The summed E-state index contributed by atoms with van der Waals surface area (Å²) < 4.78 is 32.2. The van der Waals surface area contributed by atoms with Crippen LogP contribution in [0.3, 0.4) is 0 Å². The molecule has 0 atom stereocenters. The molecule has 0 spiro atoms. The largest absolute Gasteiger partial charge is 0.441 e. The first-order valence-electron chi connectivity index (χ1n) is 9.32. The molecule has 1 amide bonds. The van der Waals surface area contributed by atoms with E-state index in [4.69, 9.17) is 4.42 Å². The van der Waals surface area contributed by atoms with Crippen molar-refractivity contribution in [2.24, 2.45) is 0 Å². The molecule has 6 heteroatoms. The van der Waals surface area contributed by atoms with Crippen LogP contribution in [0.4, 0.5) is 8.78 Å². The molecule has 28 heavy (non-hydrogen) atoms. The predicted molar refractivity (Wildman–Crippen MR) is 103 cm³/mol. The number of hydrogen-bond donors (Lipinski definition) is 1. The third-order valence-corrected chi connectivity index (χ3v) is 4.37. The van der Waals surface area contributed by atoms with E-state index in [9.17, 15) is 13.6 Å². The van der Waals surface area contributed by atoms with Gasteiger partial charge < -0.3 is 9.73 Å². The molecule has 4 nitrogen and oxygen atoms in total. The van der Waals surface area contributed by atoms with E-state index < -0.39 is 11.6 Å². The molecule has 2 aromatic carbocycles. The zero-order valence-electron chi connectivity index (χ0n) is 15.5. The van der Waals surface area contributed by atoms with Gasteiger partial charge in [0.1, 0.15) is 11.6 Å². The summed E-state index contributed by atoms with van der Waals surface area (Å²) in [4.78, 5) is 16.0. The van der Waals surface area contributed by atoms with Crippen molar-refractivity contribution in [3.05, 3.63) is 77.8 Å². The Morgan fingerprint density at radius 3 is 2.64 bits per heavy atom. The molecule has 146 valence electrons. The molecule has 1 heterocycles. The third-order valence-electron chi connectivity index (χ3n) is 4.37. The zero-order valence-corrected chi connectivity index (χ0v) is 15.5. The van der Waals surface area contributed by atoms with Crippen LogP contribution in [0.2, 0.25) is 0 Å². The SMILES string of the molecule is O=C(CCc1ncc(-c2ccc(F)cc2F)o1)NCCCCc1ccccc1. The monoisotopic (exact) mass is 384 g/mol. The second-order valence-corrected chi connectivity index (χ2v) is 6.54. The van der Waals surface area contributed by atoms with E-state index in [1.807, 2.05) is 18.2 Å². The average molecular weight is 384 g/mol. The molecule has 0 radical (unpaired) electrons. The van der Waals surface area contributed by atoms with Gasteiger partial charge in [-0.1, -0.05) is 30.3 Å². The molecular weight excluding hydrogens is 362 g/mol. The minimum atomic E-state index is -0.712. The van der Waals surface area contributed by atoms with Gasteiger partial charge in [0.05, 0.1) is 11.8 Å². The standard InChI is InChI=1S/C22H22F2N2O2/c23-17-9-10-18(19(24)14-17)20-15-26-22(28-20)12-11-21(27)25-13-5-4-8-16-6-2-1-3-7-16/h1-3,6-7,9-10,14-15H,4-5,8,11-13H2,(H,25,27). The van der Waals surface area contributed by atoms with Gasteiger partial charge in [-0.15, -0.1) is 0 Å². The second kappa shape index (κ2) is 9.78. The Kier molecular flexibility index (Phi) is 6.89. The highest BCUT2D eigenvalue weighted by Crippen LogP contribution is 2.24. The van der Waals surface area contributed by atoms with Crippen molar-refractivity contribution in [3.63, 3.8) is 0 Å². The highest BCUT2D eigenvalue weighted by Gasteiger charge is 2.12. The summed E-state index contributed by atoms with van der Waals surface area (Å²) in [5.41, 5.74) is 1.44. The van der Waals surface area contributed by atoms with E-state index in [2.05, 4.69) is 22.4 Å². The summed E-state index contributed by atoms with van der Waals surface area (Å²) >= 11 is 0. The van der Waals surface area contributed by atoms with Gasteiger partial charge in [-0.05, 0) is 37.0 Å². The van der Waals surface area contributed by atoms with Gasteiger partial charge in [0.25, 0.3) is 0 Å². The molecule has 0 fully saturated rings. The maximum Gasteiger partial charge on any atom is 0.220 e.